The Morgan fingerprint density at radius 3 is 2.65 bits per heavy atom. The fraction of sp³-hybridized carbons (Fsp3) is 0.526. The van der Waals surface area contributed by atoms with Crippen LogP contribution in [-0.4, -0.2) is 40.6 Å². The molecule has 0 unspecified atom stereocenters. The van der Waals surface area contributed by atoms with Crippen LogP contribution in [0.3, 0.4) is 0 Å². The number of hydrogen-bond acceptors (Lipinski definition) is 5. The van der Waals surface area contributed by atoms with E-state index in [1.54, 1.807) is 12.1 Å². The highest BCUT2D eigenvalue weighted by Gasteiger charge is 2.25. The zero-order valence-corrected chi connectivity index (χ0v) is 15.2. The monoisotopic (exact) mass is 360 g/mol. The molecule has 3 rings (SSSR count). The van der Waals surface area contributed by atoms with Crippen LogP contribution in [0, 0.1) is 17.7 Å². The van der Waals surface area contributed by atoms with Gasteiger partial charge in [-0.15, -0.1) is 0 Å². The predicted molar refractivity (Wildman–Crippen MR) is 95.5 cm³/mol. The van der Waals surface area contributed by atoms with Crippen molar-refractivity contribution in [2.45, 2.75) is 33.2 Å². The van der Waals surface area contributed by atoms with Crippen LogP contribution < -0.4 is 5.32 Å². The van der Waals surface area contributed by atoms with Crippen molar-refractivity contribution in [1.29, 1.82) is 0 Å². The molecule has 0 radical (unpaired) electrons. The van der Waals surface area contributed by atoms with Crippen molar-refractivity contribution in [2.75, 3.05) is 19.6 Å². The first-order chi connectivity index (χ1) is 12.5. The summed E-state index contributed by atoms with van der Waals surface area (Å²) in [5, 5.41) is 6.98. The van der Waals surface area contributed by atoms with E-state index < -0.39 is 0 Å². The average molecular weight is 360 g/mol. The van der Waals surface area contributed by atoms with Crippen molar-refractivity contribution in [3.05, 3.63) is 36.0 Å². The molecule has 1 aromatic heterocycles. The second-order valence-corrected chi connectivity index (χ2v) is 7.21. The molecule has 0 spiro atoms. The number of rotatable bonds is 6. The van der Waals surface area contributed by atoms with Gasteiger partial charge in [-0.25, -0.2) is 4.39 Å². The van der Waals surface area contributed by atoms with Gasteiger partial charge in [0, 0.05) is 18.0 Å². The first kappa shape index (κ1) is 18.5. The minimum Gasteiger partial charge on any atom is -0.356 e. The lowest BCUT2D eigenvalue weighted by Crippen LogP contribution is -2.41. The molecule has 0 atom stereocenters. The number of halogens is 1. The number of nitrogens with zero attached hydrogens (tertiary/aromatic N) is 3. The zero-order valence-electron chi connectivity index (χ0n) is 15.2. The number of carbonyl (C=O) groups is 1. The van der Waals surface area contributed by atoms with E-state index in [1.165, 1.54) is 12.1 Å². The number of benzene rings is 1. The summed E-state index contributed by atoms with van der Waals surface area (Å²) in [5.41, 5.74) is 0.724. The first-order valence-corrected chi connectivity index (χ1v) is 9.10. The van der Waals surface area contributed by atoms with Crippen LogP contribution in [0.15, 0.2) is 28.8 Å². The van der Waals surface area contributed by atoms with Gasteiger partial charge in [0.05, 0.1) is 6.54 Å². The summed E-state index contributed by atoms with van der Waals surface area (Å²) in [7, 11) is 0. The highest BCUT2D eigenvalue weighted by atomic mass is 19.1. The lowest BCUT2D eigenvalue weighted by molar-refractivity contribution is -0.126. The maximum absolute atomic E-state index is 13.0. The van der Waals surface area contributed by atoms with E-state index in [1.807, 2.05) is 0 Å². The van der Waals surface area contributed by atoms with Crippen molar-refractivity contribution in [3.8, 4) is 11.4 Å². The van der Waals surface area contributed by atoms with Gasteiger partial charge in [0.25, 0.3) is 0 Å². The number of likely N-dealkylation sites (tertiary alicyclic amines) is 1. The largest absolute Gasteiger partial charge is 0.356 e. The molecule has 26 heavy (non-hydrogen) atoms. The molecule has 2 heterocycles. The summed E-state index contributed by atoms with van der Waals surface area (Å²) in [6.07, 6.45) is 1.67. The van der Waals surface area contributed by atoms with Crippen molar-refractivity contribution in [2.24, 2.45) is 11.8 Å². The van der Waals surface area contributed by atoms with Crippen LogP contribution >= 0.6 is 0 Å². The van der Waals surface area contributed by atoms with Crippen LogP contribution in [0.4, 0.5) is 4.39 Å². The van der Waals surface area contributed by atoms with Crippen LogP contribution in [-0.2, 0) is 11.3 Å². The van der Waals surface area contributed by atoms with Gasteiger partial charge in [-0.2, -0.15) is 4.98 Å². The Morgan fingerprint density at radius 2 is 2.00 bits per heavy atom. The fourth-order valence-electron chi connectivity index (χ4n) is 3.03. The number of carbonyl (C=O) groups excluding carboxylic acids is 1. The van der Waals surface area contributed by atoms with Gasteiger partial charge < -0.3 is 9.84 Å². The summed E-state index contributed by atoms with van der Waals surface area (Å²) in [4.78, 5) is 18.8. The Bertz CT molecular complexity index is 721. The second kappa shape index (κ2) is 8.40. The number of nitrogens with one attached hydrogen (secondary N) is 1. The average Bonchev–Trinajstić information content (AvgIpc) is 3.09. The summed E-state index contributed by atoms with van der Waals surface area (Å²) >= 11 is 0. The third-order valence-electron chi connectivity index (χ3n) is 4.57. The van der Waals surface area contributed by atoms with Crippen molar-refractivity contribution >= 4 is 5.91 Å². The van der Waals surface area contributed by atoms with E-state index in [2.05, 4.69) is 34.2 Å². The molecule has 1 saturated heterocycles. The topological polar surface area (TPSA) is 71.3 Å². The van der Waals surface area contributed by atoms with Crippen molar-refractivity contribution in [3.63, 3.8) is 0 Å². The van der Waals surface area contributed by atoms with E-state index >= 15 is 0 Å². The van der Waals surface area contributed by atoms with Gasteiger partial charge >= 0.3 is 0 Å². The minimum absolute atomic E-state index is 0.0856. The van der Waals surface area contributed by atoms with Gasteiger partial charge in [0.15, 0.2) is 0 Å². The first-order valence-electron chi connectivity index (χ1n) is 9.10. The third-order valence-corrected chi connectivity index (χ3v) is 4.57. The molecule has 140 valence electrons. The molecule has 1 fully saturated rings. The highest BCUT2D eigenvalue weighted by Crippen LogP contribution is 2.21. The number of hydrogen-bond donors (Lipinski definition) is 1. The molecule has 6 nitrogen and oxygen atoms in total. The molecule has 0 bridgehead atoms. The Hall–Kier alpha value is -2.28. The maximum Gasteiger partial charge on any atom is 0.241 e. The molecule has 1 aromatic carbocycles. The van der Waals surface area contributed by atoms with Gasteiger partial charge in [0.2, 0.25) is 17.6 Å². The SMILES string of the molecule is CC(C)CNC(=O)C1CCN(Cc2nc(-c3ccc(F)cc3)no2)CC1. The van der Waals surface area contributed by atoms with E-state index in [-0.39, 0.29) is 17.6 Å². The van der Waals surface area contributed by atoms with Crippen LogP contribution in [0.1, 0.15) is 32.6 Å². The second-order valence-electron chi connectivity index (χ2n) is 7.21. The molecule has 1 aliphatic heterocycles. The molecule has 1 N–H and O–H groups in total. The van der Waals surface area contributed by atoms with Crippen molar-refractivity contribution in [1.82, 2.24) is 20.4 Å². The molecular weight excluding hydrogens is 335 g/mol. The maximum atomic E-state index is 13.0. The van der Waals surface area contributed by atoms with E-state index in [9.17, 15) is 9.18 Å². The van der Waals surface area contributed by atoms with Crippen molar-refractivity contribution < 1.29 is 13.7 Å². The normalized spacial score (nSPS) is 16.2. The Balaban J connectivity index is 1.49. The fourth-order valence-corrected chi connectivity index (χ4v) is 3.03. The third kappa shape index (κ3) is 4.88. The Morgan fingerprint density at radius 1 is 1.31 bits per heavy atom. The lowest BCUT2D eigenvalue weighted by Gasteiger charge is -2.30. The molecule has 7 heteroatoms. The molecular formula is C19H25FN4O2. The highest BCUT2D eigenvalue weighted by molar-refractivity contribution is 5.78. The number of piperidine rings is 1. The van der Waals surface area contributed by atoms with Gasteiger partial charge in [-0.3, -0.25) is 9.69 Å². The summed E-state index contributed by atoms with van der Waals surface area (Å²) in [5.74, 6) is 1.41. The lowest BCUT2D eigenvalue weighted by atomic mass is 9.95. The predicted octanol–water partition coefficient (Wildman–Crippen LogP) is 2.86. The Kier molecular flexibility index (Phi) is 5.98. The van der Waals surface area contributed by atoms with Gasteiger partial charge in [-0.1, -0.05) is 19.0 Å². The zero-order chi connectivity index (χ0) is 18.5. The molecule has 0 saturated carbocycles. The van der Waals surface area contributed by atoms with Gasteiger partial charge in [-0.05, 0) is 56.1 Å². The van der Waals surface area contributed by atoms with Gasteiger partial charge in [0.1, 0.15) is 5.82 Å². The standard InChI is InChI=1S/C19H25FN4O2/c1-13(2)11-21-19(25)15-7-9-24(10-8-15)12-17-22-18(23-26-17)14-3-5-16(20)6-4-14/h3-6,13,15H,7-12H2,1-2H3,(H,21,25). The molecule has 1 aliphatic rings. The van der Waals surface area contributed by atoms with Crippen LogP contribution in [0.2, 0.25) is 0 Å². The molecule has 0 aliphatic carbocycles. The summed E-state index contributed by atoms with van der Waals surface area (Å²) in [6, 6.07) is 6.01. The molecule has 2 aromatic rings. The minimum atomic E-state index is -0.294. The summed E-state index contributed by atoms with van der Waals surface area (Å²) in [6.45, 7) is 7.13. The summed E-state index contributed by atoms with van der Waals surface area (Å²) < 4.78 is 18.3. The van der Waals surface area contributed by atoms with Crippen LogP contribution in [0.5, 0.6) is 0 Å². The van der Waals surface area contributed by atoms with E-state index in [4.69, 9.17) is 4.52 Å². The molecule has 1 amide bonds. The smallest absolute Gasteiger partial charge is 0.241 e. The van der Waals surface area contributed by atoms with E-state index in [0.717, 1.165) is 38.0 Å². The van der Waals surface area contributed by atoms with E-state index in [0.29, 0.717) is 24.2 Å². The van der Waals surface area contributed by atoms with Crippen LogP contribution in [0.25, 0.3) is 11.4 Å². The number of amides is 1. The number of aromatic nitrogens is 2. The quantitative estimate of drug-likeness (QED) is 0.858. The Labute approximate surface area is 152 Å².